The van der Waals surface area contributed by atoms with Crippen LogP contribution in [0, 0.1) is 18.3 Å². The van der Waals surface area contributed by atoms with E-state index < -0.39 is 0 Å². The van der Waals surface area contributed by atoms with Gasteiger partial charge in [0.25, 0.3) is 0 Å². The van der Waals surface area contributed by atoms with Gasteiger partial charge in [-0.1, -0.05) is 72.3 Å². The average molecular weight is 350 g/mol. The van der Waals surface area contributed by atoms with Crippen LogP contribution in [-0.2, 0) is 0 Å². The van der Waals surface area contributed by atoms with Crippen molar-refractivity contribution in [1.82, 2.24) is 4.98 Å². The maximum atomic E-state index is 9.70. The first-order chi connectivity index (χ1) is 13.2. The number of aryl methyl sites for hydroxylation is 1. The maximum absolute atomic E-state index is 9.70. The lowest BCUT2D eigenvalue weighted by molar-refractivity contribution is 0.397. The maximum Gasteiger partial charge on any atom is 0.232 e. The Bertz CT molecular complexity index is 1120. The number of rotatable bonds is 3. The monoisotopic (exact) mass is 350 g/mol. The molecule has 3 nitrogen and oxygen atoms in total. The molecule has 0 radical (unpaired) electrons. The molecule has 0 saturated carbocycles. The predicted molar refractivity (Wildman–Crippen MR) is 108 cm³/mol. The van der Waals surface area contributed by atoms with Gasteiger partial charge in [0, 0.05) is 11.1 Å². The van der Waals surface area contributed by atoms with E-state index in [0.717, 1.165) is 33.5 Å². The van der Waals surface area contributed by atoms with Crippen molar-refractivity contribution >= 4 is 0 Å². The van der Waals surface area contributed by atoms with Crippen LogP contribution < -0.4 is 4.74 Å². The minimum Gasteiger partial charge on any atom is -0.480 e. The molecule has 0 unspecified atom stereocenters. The van der Waals surface area contributed by atoms with Crippen molar-refractivity contribution in [3.8, 4) is 45.5 Å². The van der Waals surface area contributed by atoms with Crippen molar-refractivity contribution in [2.24, 2.45) is 0 Å². The third-order valence-electron chi connectivity index (χ3n) is 4.72. The van der Waals surface area contributed by atoms with E-state index in [2.05, 4.69) is 35.3 Å². The van der Waals surface area contributed by atoms with Gasteiger partial charge in [-0.15, -0.1) is 0 Å². The first-order valence-electron chi connectivity index (χ1n) is 8.75. The van der Waals surface area contributed by atoms with E-state index >= 15 is 0 Å². The molecule has 1 aromatic heterocycles. The van der Waals surface area contributed by atoms with Gasteiger partial charge < -0.3 is 4.74 Å². The number of nitriles is 1. The molecule has 0 N–H and O–H groups in total. The predicted octanol–water partition coefficient (Wildman–Crippen LogP) is 5.71. The van der Waals surface area contributed by atoms with Crippen LogP contribution in [0.15, 0.2) is 72.8 Å². The third-order valence-corrected chi connectivity index (χ3v) is 4.72. The summed E-state index contributed by atoms with van der Waals surface area (Å²) in [6.07, 6.45) is 0. The Labute approximate surface area is 158 Å². The Morgan fingerprint density at radius 1 is 0.815 bits per heavy atom. The zero-order valence-electron chi connectivity index (χ0n) is 15.2. The van der Waals surface area contributed by atoms with E-state index in [4.69, 9.17) is 4.74 Å². The molecule has 0 fully saturated rings. The van der Waals surface area contributed by atoms with E-state index in [9.17, 15) is 5.26 Å². The fourth-order valence-corrected chi connectivity index (χ4v) is 3.31. The average Bonchev–Trinajstić information content (AvgIpc) is 2.95. The lowest BCUT2D eigenvalue weighted by Crippen LogP contribution is -1.97. The van der Waals surface area contributed by atoms with Crippen LogP contribution in [0.1, 0.15) is 11.1 Å². The second-order valence-electron chi connectivity index (χ2n) is 6.44. The highest BCUT2D eigenvalue weighted by Crippen LogP contribution is 2.38. The summed E-state index contributed by atoms with van der Waals surface area (Å²) in [7, 11) is 1.55. The molecule has 0 amide bonds. The lowest BCUT2D eigenvalue weighted by atomic mass is 9.97. The zero-order chi connectivity index (χ0) is 18.8. The van der Waals surface area contributed by atoms with Gasteiger partial charge in [0.05, 0.1) is 12.8 Å². The van der Waals surface area contributed by atoms with Gasteiger partial charge in [-0.2, -0.15) is 5.26 Å². The van der Waals surface area contributed by atoms with Crippen LogP contribution in [0.25, 0.3) is 33.5 Å². The molecule has 2 aromatic rings. The number of methoxy groups -OCH3 is 1. The second-order valence-corrected chi connectivity index (χ2v) is 6.44. The summed E-state index contributed by atoms with van der Waals surface area (Å²) >= 11 is 0. The van der Waals surface area contributed by atoms with Crippen molar-refractivity contribution in [2.45, 2.75) is 6.92 Å². The standard InChI is InChI=1S/C24H18N2O/c1-16-8-10-18(11-9-16)21-14-23(26-24(27-2)22(21)15-25)20-13-12-17-6-4-3-5-7-19(17)20/h3-14H,1-2H3. The molecule has 0 bridgehead atoms. The molecule has 1 heterocycles. The van der Waals surface area contributed by atoms with E-state index in [1.54, 1.807) is 7.11 Å². The second kappa shape index (κ2) is 6.93. The third kappa shape index (κ3) is 3.02. The summed E-state index contributed by atoms with van der Waals surface area (Å²) in [5, 5.41) is 9.70. The number of hydrogen-bond acceptors (Lipinski definition) is 3. The highest BCUT2D eigenvalue weighted by Gasteiger charge is 2.18. The lowest BCUT2D eigenvalue weighted by Gasteiger charge is -2.12. The van der Waals surface area contributed by atoms with Crippen LogP contribution in [0.3, 0.4) is 0 Å². The summed E-state index contributed by atoms with van der Waals surface area (Å²) in [5.74, 6) is 0.347. The molecule has 3 heteroatoms. The van der Waals surface area contributed by atoms with Crippen LogP contribution in [0.2, 0.25) is 0 Å². The van der Waals surface area contributed by atoms with Crippen LogP contribution in [0.5, 0.6) is 5.88 Å². The summed E-state index contributed by atoms with van der Waals surface area (Å²) < 4.78 is 5.46. The van der Waals surface area contributed by atoms with Gasteiger partial charge in [0.1, 0.15) is 11.6 Å². The Morgan fingerprint density at radius 2 is 1.52 bits per heavy atom. The highest BCUT2D eigenvalue weighted by molar-refractivity contribution is 5.87. The molecule has 27 heavy (non-hydrogen) atoms. The molecule has 4 rings (SSSR count). The van der Waals surface area contributed by atoms with Crippen LogP contribution in [0.4, 0.5) is 0 Å². The Kier molecular flexibility index (Phi) is 4.32. The highest BCUT2D eigenvalue weighted by atomic mass is 16.5. The zero-order valence-corrected chi connectivity index (χ0v) is 15.2. The number of hydrogen-bond donors (Lipinski definition) is 0. The minimum atomic E-state index is 0.347. The summed E-state index contributed by atoms with van der Waals surface area (Å²) in [6.45, 7) is 2.05. The van der Waals surface area contributed by atoms with Gasteiger partial charge in [0.2, 0.25) is 5.88 Å². The topological polar surface area (TPSA) is 45.9 Å². The van der Waals surface area contributed by atoms with E-state index in [-0.39, 0.29) is 0 Å². The summed E-state index contributed by atoms with van der Waals surface area (Å²) in [4.78, 5) is 4.63. The van der Waals surface area contributed by atoms with Gasteiger partial charge in [0.15, 0.2) is 0 Å². The van der Waals surface area contributed by atoms with E-state index in [0.29, 0.717) is 11.4 Å². The molecule has 0 saturated heterocycles. The fourth-order valence-electron chi connectivity index (χ4n) is 3.31. The van der Waals surface area contributed by atoms with Crippen molar-refractivity contribution in [3.05, 3.63) is 83.9 Å². The molecule has 0 aliphatic heterocycles. The summed E-state index contributed by atoms with van der Waals surface area (Å²) in [5.41, 5.74) is 7.51. The molecular weight excluding hydrogens is 332 g/mol. The first kappa shape index (κ1) is 16.8. The largest absolute Gasteiger partial charge is 0.480 e. The van der Waals surface area contributed by atoms with Crippen LogP contribution >= 0.6 is 0 Å². The molecule has 2 aliphatic carbocycles. The van der Waals surface area contributed by atoms with E-state index in [1.165, 1.54) is 5.56 Å². The molecule has 2 aliphatic rings. The van der Waals surface area contributed by atoms with Gasteiger partial charge in [-0.25, -0.2) is 4.98 Å². The number of ether oxygens (including phenoxy) is 1. The van der Waals surface area contributed by atoms with Crippen molar-refractivity contribution in [1.29, 1.82) is 5.26 Å². The van der Waals surface area contributed by atoms with Crippen LogP contribution in [-0.4, -0.2) is 12.1 Å². The molecule has 130 valence electrons. The number of fused-ring (bicyclic) bond motifs is 1. The van der Waals surface area contributed by atoms with Gasteiger partial charge >= 0.3 is 0 Å². The fraction of sp³-hybridized carbons (Fsp3) is 0.0833. The minimum absolute atomic E-state index is 0.347. The molecule has 0 atom stereocenters. The molecular formula is C24H18N2O. The number of aromatic nitrogens is 1. The van der Waals surface area contributed by atoms with Gasteiger partial charge in [-0.3, -0.25) is 0 Å². The first-order valence-corrected chi connectivity index (χ1v) is 8.75. The SMILES string of the molecule is COc1nc(-c2ccc3cccccc2-3)cc(-c2ccc(C)cc2)c1C#N. The Morgan fingerprint density at radius 3 is 2.26 bits per heavy atom. The van der Waals surface area contributed by atoms with E-state index in [1.807, 2.05) is 55.5 Å². The normalized spacial score (nSPS) is 10.6. The molecule has 1 aromatic carbocycles. The molecule has 0 spiro atoms. The number of benzene rings is 1. The van der Waals surface area contributed by atoms with Gasteiger partial charge in [-0.05, 0) is 29.7 Å². The smallest absolute Gasteiger partial charge is 0.232 e. The number of pyridine rings is 1. The quantitative estimate of drug-likeness (QED) is 0.475. The number of nitrogens with zero attached hydrogens (tertiary/aromatic N) is 2. The summed E-state index contributed by atoms with van der Waals surface area (Å²) in [6, 6.07) is 26.7. The van der Waals surface area contributed by atoms with Crippen molar-refractivity contribution in [2.75, 3.05) is 7.11 Å². The van der Waals surface area contributed by atoms with Crippen molar-refractivity contribution in [3.63, 3.8) is 0 Å². The Balaban J connectivity index is 1.96. The van der Waals surface area contributed by atoms with Crippen molar-refractivity contribution < 1.29 is 4.74 Å². The Hall–Kier alpha value is -3.64.